The molecule has 1 aliphatic heterocycles. The van der Waals surface area contributed by atoms with Gasteiger partial charge in [-0.15, -0.1) is 0 Å². The summed E-state index contributed by atoms with van der Waals surface area (Å²) in [6, 6.07) is 18.2. The molecule has 4 rings (SSSR count). The third kappa shape index (κ3) is 3.72. The van der Waals surface area contributed by atoms with Gasteiger partial charge in [0.2, 0.25) is 0 Å². The SMILES string of the molecule is C=C1CCN(C(=O)OCc2ccccc2)C/C1=C(/C)c1ccc2[nH]ccc2c1. The summed E-state index contributed by atoms with van der Waals surface area (Å²) in [6.45, 7) is 7.80. The van der Waals surface area contributed by atoms with Crippen LogP contribution in [0.5, 0.6) is 0 Å². The number of carbonyl (C=O) groups is 1. The first-order chi connectivity index (χ1) is 13.6. The third-order valence-corrected chi connectivity index (χ3v) is 5.36. The molecule has 1 fully saturated rings. The molecule has 0 atom stereocenters. The Morgan fingerprint density at radius 3 is 2.82 bits per heavy atom. The number of nitrogens with zero attached hydrogens (tertiary/aromatic N) is 1. The normalized spacial score (nSPS) is 16.3. The zero-order valence-corrected chi connectivity index (χ0v) is 16.1. The van der Waals surface area contributed by atoms with Gasteiger partial charge in [-0.25, -0.2) is 4.79 Å². The maximum Gasteiger partial charge on any atom is 0.410 e. The van der Waals surface area contributed by atoms with Crippen LogP contribution in [-0.2, 0) is 11.3 Å². The van der Waals surface area contributed by atoms with Crippen molar-refractivity contribution in [3.05, 3.63) is 89.6 Å². The van der Waals surface area contributed by atoms with Crippen LogP contribution in [0, 0.1) is 0 Å². The van der Waals surface area contributed by atoms with Crippen molar-refractivity contribution in [2.24, 2.45) is 0 Å². The van der Waals surface area contributed by atoms with E-state index in [0.717, 1.165) is 39.8 Å². The van der Waals surface area contributed by atoms with E-state index in [2.05, 4.69) is 42.8 Å². The van der Waals surface area contributed by atoms with Gasteiger partial charge in [0.05, 0.1) is 0 Å². The lowest BCUT2D eigenvalue weighted by atomic mass is 9.91. The topological polar surface area (TPSA) is 45.3 Å². The van der Waals surface area contributed by atoms with Crippen molar-refractivity contribution in [3.63, 3.8) is 0 Å². The summed E-state index contributed by atoms with van der Waals surface area (Å²) in [7, 11) is 0. The number of piperidine rings is 1. The number of benzene rings is 2. The number of amides is 1. The Kier molecular flexibility index (Phi) is 5.02. The molecule has 4 nitrogen and oxygen atoms in total. The van der Waals surface area contributed by atoms with Crippen LogP contribution in [-0.4, -0.2) is 29.1 Å². The number of nitrogens with one attached hydrogen (secondary N) is 1. The summed E-state index contributed by atoms with van der Waals surface area (Å²) in [5.74, 6) is 0. The predicted molar refractivity (Wildman–Crippen MR) is 113 cm³/mol. The Labute approximate surface area is 165 Å². The number of likely N-dealkylation sites (tertiary alicyclic amines) is 1. The van der Waals surface area contributed by atoms with Crippen LogP contribution in [0.25, 0.3) is 16.5 Å². The van der Waals surface area contributed by atoms with Gasteiger partial charge in [-0.05, 0) is 64.8 Å². The van der Waals surface area contributed by atoms with E-state index >= 15 is 0 Å². The van der Waals surface area contributed by atoms with Gasteiger partial charge in [-0.3, -0.25) is 0 Å². The third-order valence-electron chi connectivity index (χ3n) is 5.36. The lowest BCUT2D eigenvalue weighted by Crippen LogP contribution is -2.38. The van der Waals surface area contributed by atoms with Crippen LogP contribution in [0.3, 0.4) is 0 Å². The number of fused-ring (bicyclic) bond motifs is 1. The van der Waals surface area contributed by atoms with Crippen LogP contribution < -0.4 is 0 Å². The molecule has 142 valence electrons. The van der Waals surface area contributed by atoms with E-state index < -0.39 is 0 Å². The Balaban J connectivity index is 1.51. The average Bonchev–Trinajstić information content (AvgIpc) is 3.20. The quantitative estimate of drug-likeness (QED) is 0.656. The summed E-state index contributed by atoms with van der Waals surface area (Å²) < 4.78 is 5.51. The highest BCUT2D eigenvalue weighted by atomic mass is 16.6. The van der Waals surface area contributed by atoms with E-state index in [1.807, 2.05) is 36.5 Å². The zero-order valence-electron chi connectivity index (χ0n) is 16.1. The van der Waals surface area contributed by atoms with E-state index in [1.54, 1.807) is 4.90 Å². The molecule has 1 aliphatic rings. The van der Waals surface area contributed by atoms with Crippen molar-refractivity contribution >= 4 is 22.6 Å². The number of rotatable bonds is 3. The predicted octanol–water partition coefficient (Wildman–Crippen LogP) is 5.54. The Morgan fingerprint density at radius 1 is 1.18 bits per heavy atom. The van der Waals surface area contributed by atoms with Crippen LogP contribution in [0.2, 0.25) is 0 Å². The lowest BCUT2D eigenvalue weighted by molar-refractivity contribution is 0.0978. The number of H-pyrrole nitrogens is 1. The first-order valence-electron chi connectivity index (χ1n) is 9.53. The zero-order chi connectivity index (χ0) is 19.5. The molecule has 1 aromatic heterocycles. The number of aromatic nitrogens is 1. The summed E-state index contributed by atoms with van der Waals surface area (Å²) in [5, 5.41) is 1.18. The number of carbonyl (C=O) groups excluding carboxylic acids is 1. The fourth-order valence-electron chi connectivity index (χ4n) is 3.61. The van der Waals surface area contributed by atoms with Crippen molar-refractivity contribution in [2.75, 3.05) is 13.1 Å². The molecule has 1 saturated heterocycles. The molecule has 1 N–H and O–H groups in total. The van der Waals surface area contributed by atoms with Gasteiger partial charge in [0.25, 0.3) is 0 Å². The molecule has 28 heavy (non-hydrogen) atoms. The highest BCUT2D eigenvalue weighted by Gasteiger charge is 2.24. The summed E-state index contributed by atoms with van der Waals surface area (Å²) in [4.78, 5) is 17.6. The van der Waals surface area contributed by atoms with E-state index in [-0.39, 0.29) is 6.09 Å². The number of hydrogen-bond acceptors (Lipinski definition) is 2. The second-order valence-electron chi connectivity index (χ2n) is 7.20. The molecule has 1 amide bonds. The molecule has 3 aromatic rings. The van der Waals surface area contributed by atoms with Gasteiger partial charge in [0.15, 0.2) is 0 Å². The highest BCUT2D eigenvalue weighted by molar-refractivity contribution is 5.85. The fraction of sp³-hybridized carbons (Fsp3) is 0.208. The van der Waals surface area contributed by atoms with Gasteiger partial charge in [-0.1, -0.05) is 43.0 Å². The standard InChI is InChI=1S/C24H24N2O2/c1-17-11-13-26(24(27)28-16-19-6-4-3-5-7-19)15-22(17)18(2)20-8-9-23-21(14-20)10-12-25-23/h3-10,12,14,25H,1,11,13,15-16H2,2H3/b22-18+. The molecule has 0 spiro atoms. The molecular formula is C24H24N2O2. The van der Waals surface area contributed by atoms with Gasteiger partial charge < -0.3 is 14.6 Å². The van der Waals surface area contributed by atoms with Crippen molar-refractivity contribution < 1.29 is 9.53 Å². The van der Waals surface area contributed by atoms with Gasteiger partial charge in [0, 0.05) is 24.8 Å². The largest absolute Gasteiger partial charge is 0.445 e. The summed E-state index contributed by atoms with van der Waals surface area (Å²) in [5.41, 5.74) is 6.65. The molecular weight excluding hydrogens is 348 g/mol. The second kappa shape index (κ2) is 7.77. The Hall–Kier alpha value is -3.27. The Bertz CT molecular complexity index is 1050. The van der Waals surface area contributed by atoms with Crippen molar-refractivity contribution in [1.29, 1.82) is 0 Å². The lowest BCUT2D eigenvalue weighted by Gasteiger charge is -2.31. The van der Waals surface area contributed by atoms with Gasteiger partial charge in [0.1, 0.15) is 6.61 Å². The molecule has 2 heterocycles. The van der Waals surface area contributed by atoms with Gasteiger partial charge >= 0.3 is 6.09 Å². The van der Waals surface area contributed by atoms with E-state index in [4.69, 9.17) is 4.74 Å². The smallest absolute Gasteiger partial charge is 0.410 e. The first-order valence-corrected chi connectivity index (χ1v) is 9.53. The van der Waals surface area contributed by atoms with Crippen LogP contribution in [0.4, 0.5) is 4.79 Å². The average molecular weight is 372 g/mol. The molecule has 2 aromatic carbocycles. The van der Waals surface area contributed by atoms with Crippen LogP contribution in [0.1, 0.15) is 24.5 Å². The van der Waals surface area contributed by atoms with E-state index in [1.165, 1.54) is 5.39 Å². The van der Waals surface area contributed by atoms with E-state index in [9.17, 15) is 4.79 Å². The van der Waals surface area contributed by atoms with Crippen molar-refractivity contribution in [2.45, 2.75) is 20.0 Å². The number of allylic oxidation sites excluding steroid dienone is 1. The summed E-state index contributed by atoms with van der Waals surface area (Å²) in [6.07, 6.45) is 2.43. The number of aromatic amines is 1. The minimum absolute atomic E-state index is 0.275. The number of hydrogen-bond donors (Lipinski definition) is 1. The maximum atomic E-state index is 12.6. The Morgan fingerprint density at radius 2 is 2.00 bits per heavy atom. The molecule has 0 radical (unpaired) electrons. The molecule has 0 saturated carbocycles. The maximum absolute atomic E-state index is 12.6. The first kappa shape index (κ1) is 18.1. The molecule has 4 heteroatoms. The van der Waals surface area contributed by atoms with Crippen molar-refractivity contribution in [1.82, 2.24) is 9.88 Å². The van der Waals surface area contributed by atoms with Crippen LogP contribution in [0.15, 0.2) is 78.5 Å². The van der Waals surface area contributed by atoms with Crippen LogP contribution >= 0.6 is 0 Å². The number of ether oxygens (including phenoxy) is 1. The summed E-state index contributed by atoms with van der Waals surface area (Å²) >= 11 is 0. The molecule has 0 unspecified atom stereocenters. The monoisotopic (exact) mass is 372 g/mol. The minimum atomic E-state index is -0.275. The van der Waals surface area contributed by atoms with E-state index in [0.29, 0.717) is 19.7 Å². The van der Waals surface area contributed by atoms with Crippen molar-refractivity contribution in [3.8, 4) is 0 Å². The molecule has 0 bridgehead atoms. The highest BCUT2D eigenvalue weighted by Crippen LogP contribution is 2.30. The molecule has 0 aliphatic carbocycles. The fourth-order valence-corrected chi connectivity index (χ4v) is 3.61. The second-order valence-corrected chi connectivity index (χ2v) is 7.20. The van der Waals surface area contributed by atoms with Gasteiger partial charge in [-0.2, -0.15) is 0 Å². The minimum Gasteiger partial charge on any atom is -0.445 e.